The SMILES string of the molecule is COc1cc(C2c3sc(=O)[nH]c3SC3C4CCC(C4)C23)cc(OC)c1O. The highest BCUT2D eigenvalue weighted by atomic mass is 32.2. The molecule has 1 aromatic heterocycles. The summed E-state index contributed by atoms with van der Waals surface area (Å²) in [6, 6.07) is 3.82. The molecule has 0 saturated heterocycles. The number of phenolic OH excluding ortho intramolecular Hbond substituents is 1. The Morgan fingerprint density at radius 1 is 1.15 bits per heavy atom. The third-order valence-corrected chi connectivity index (χ3v) is 8.95. The van der Waals surface area contributed by atoms with Crippen LogP contribution in [-0.2, 0) is 0 Å². The Kier molecular flexibility index (Phi) is 3.79. The van der Waals surface area contributed by atoms with Gasteiger partial charge in [-0.05, 0) is 54.7 Å². The van der Waals surface area contributed by atoms with E-state index in [1.807, 2.05) is 23.9 Å². The van der Waals surface area contributed by atoms with E-state index < -0.39 is 0 Å². The normalized spacial score (nSPS) is 31.5. The molecule has 5 atom stereocenters. The molecule has 7 heteroatoms. The molecule has 0 radical (unpaired) electrons. The fraction of sp³-hybridized carbons (Fsp3) is 0.526. The van der Waals surface area contributed by atoms with Gasteiger partial charge in [-0.25, -0.2) is 0 Å². The van der Waals surface area contributed by atoms with Gasteiger partial charge in [0.15, 0.2) is 11.5 Å². The molecule has 2 fully saturated rings. The van der Waals surface area contributed by atoms with Crippen LogP contribution in [0.25, 0.3) is 0 Å². The summed E-state index contributed by atoms with van der Waals surface area (Å²) in [6.45, 7) is 0. The fourth-order valence-corrected chi connectivity index (χ4v) is 8.21. The first-order valence-electron chi connectivity index (χ1n) is 8.95. The van der Waals surface area contributed by atoms with Crippen LogP contribution in [0.15, 0.2) is 22.0 Å². The number of fused-ring (bicyclic) bond motifs is 6. The number of H-pyrrole nitrogens is 1. The number of ether oxygens (including phenoxy) is 2. The first-order valence-corrected chi connectivity index (χ1v) is 10.6. The number of thiazole rings is 1. The lowest BCUT2D eigenvalue weighted by molar-refractivity contribution is 0.304. The highest BCUT2D eigenvalue weighted by Crippen LogP contribution is 2.64. The molecule has 2 bridgehead atoms. The number of benzene rings is 1. The van der Waals surface area contributed by atoms with Crippen LogP contribution >= 0.6 is 23.1 Å². The first-order chi connectivity index (χ1) is 12.6. The van der Waals surface area contributed by atoms with Crippen molar-refractivity contribution in [1.29, 1.82) is 0 Å². The van der Waals surface area contributed by atoms with Crippen molar-refractivity contribution >= 4 is 23.1 Å². The molecule has 1 aliphatic heterocycles. The Bertz CT molecular complexity index is 895. The van der Waals surface area contributed by atoms with Crippen molar-refractivity contribution in [3.8, 4) is 17.2 Å². The molecule has 0 amide bonds. The summed E-state index contributed by atoms with van der Waals surface area (Å²) in [7, 11) is 3.10. The number of hydrogen-bond acceptors (Lipinski definition) is 6. The third-order valence-electron chi connectivity index (χ3n) is 6.33. The van der Waals surface area contributed by atoms with Crippen LogP contribution in [0.5, 0.6) is 17.2 Å². The second kappa shape index (κ2) is 5.96. The van der Waals surface area contributed by atoms with Crippen LogP contribution in [0.3, 0.4) is 0 Å². The smallest absolute Gasteiger partial charge is 0.305 e. The second-order valence-electron chi connectivity index (χ2n) is 7.45. The van der Waals surface area contributed by atoms with Crippen LogP contribution in [0, 0.1) is 17.8 Å². The van der Waals surface area contributed by atoms with Gasteiger partial charge in [0.25, 0.3) is 0 Å². The lowest BCUT2D eigenvalue weighted by atomic mass is 9.75. The van der Waals surface area contributed by atoms with Crippen LogP contribution in [0.1, 0.15) is 35.6 Å². The van der Waals surface area contributed by atoms with E-state index in [9.17, 15) is 9.90 Å². The zero-order chi connectivity index (χ0) is 18.0. The van der Waals surface area contributed by atoms with Crippen molar-refractivity contribution in [2.24, 2.45) is 17.8 Å². The third kappa shape index (κ3) is 2.26. The van der Waals surface area contributed by atoms with Gasteiger partial charge in [-0.2, -0.15) is 0 Å². The molecule has 2 saturated carbocycles. The highest BCUT2D eigenvalue weighted by Gasteiger charge is 2.54. The summed E-state index contributed by atoms with van der Waals surface area (Å²) in [5.41, 5.74) is 1.07. The molecule has 2 aliphatic carbocycles. The predicted octanol–water partition coefficient (Wildman–Crippen LogP) is 3.81. The molecule has 5 unspecified atom stereocenters. The number of hydrogen-bond donors (Lipinski definition) is 2. The number of aromatic nitrogens is 1. The fourth-order valence-electron chi connectivity index (χ4n) is 5.32. The predicted molar refractivity (Wildman–Crippen MR) is 102 cm³/mol. The average Bonchev–Trinajstić information content (AvgIpc) is 3.33. The maximum Gasteiger partial charge on any atom is 0.305 e. The van der Waals surface area contributed by atoms with Crippen LogP contribution in [-0.4, -0.2) is 29.6 Å². The monoisotopic (exact) mass is 391 g/mol. The zero-order valence-electron chi connectivity index (χ0n) is 14.7. The van der Waals surface area contributed by atoms with E-state index in [4.69, 9.17) is 9.47 Å². The zero-order valence-corrected chi connectivity index (χ0v) is 16.3. The Labute approximate surface area is 159 Å². The summed E-state index contributed by atoms with van der Waals surface area (Å²) in [6.07, 6.45) is 3.88. The summed E-state index contributed by atoms with van der Waals surface area (Å²) >= 11 is 3.20. The average molecular weight is 392 g/mol. The number of aromatic amines is 1. The molecule has 2 N–H and O–H groups in total. The van der Waals surface area contributed by atoms with Gasteiger partial charge in [-0.3, -0.25) is 4.79 Å². The topological polar surface area (TPSA) is 71.6 Å². The Morgan fingerprint density at radius 3 is 2.54 bits per heavy atom. The Morgan fingerprint density at radius 2 is 1.85 bits per heavy atom. The van der Waals surface area contributed by atoms with E-state index >= 15 is 0 Å². The molecule has 26 heavy (non-hydrogen) atoms. The van der Waals surface area contributed by atoms with Gasteiger partial charge in [0.1, 0.15) is 0 Å². The minimum Gasteiger partial charge on any atom is -0.502 e. The van der Waals surface area contributed by atoms with Gasteiger partial charge in [-0.1, -0.05) is 11.3 Å². The molecule has 0 spiro atoms. The van der Waals surface area contributed by atoms with Crippen molar-refractivity contribution in [3.63, 3.8) is 0 Å². The Hall–Kier alpha value is -1.60. The highest BCUT2D eigenvalue weighted by molar-refractivity contribution is 8.00. The van der Waals surface area contributed by atoms with Crippen LogP contribution in [0.4, 0.5) is 0 Å². The van der Waals surface area contributed by atoms with E-state index in [0.717, 1.165) is 21.4 Å². The maximum absolute atomic E-state index is 12.1. The lowest BCUT2D eigenvalue weighted by Crippen LogP contribution is -2.33. The van der Waals surface area contributed by atoms with E-state index in [1.165, 1.54) is 30.6 Å². The molecule has 5 rings (SSSR count). The van der Waals surface area contributed by atoms with Gasteiger partial charge in [0, 0.05) is 16.0 Å². The summed E-state index contributed by atoms with van der Waals surface area (Å²) < 4.78 is 10.8. The van der Waals surface area contributed by atoms with Crippen LogP contribution in [0.2, 0.25) is 0 Å². The quantitative estimate of drug-likeness (QED) is 0.832. The number of phenols is 1. The van der Waals surface area contributed by atoms with Gasteiger partial charge >= 0.3 is 4.87 Å². The van der Waals surface area contributed by atoms with Crippen molar-refractivity contribution in [3.05, 3.63) is 32.2 Å². The van der Waals surface area contributed by atoms with Crippen molar-refractivity contribution < 1.29 is 14.6 Å². The molecule has 5 nitrogen and oxygen atoms in total. The number of rotatable bonds is 3. The van der Waals surface area contributed by atoms with Crippen molar-refractivity contribution in [2.75, 3.05) is 14.2 Å². The minimum absolute atomic E-state index is 0.0116. The largest absolute Gasteiger partial charge is 0.502 e. The van der Waals surface area contributed by atoms with E-state index in [1.54, 1.807) is 14.2 Å². The van der Waals surface area contributed by atoms with E-state index in [-0.39, 0.29) is 16.5 Å². The molecule has 138 valence electrons. The van der Waals surface area contributed by atoms with Gasteiger partial charge in [0.05, 0.1) is 19.2 Å². The molecule has 2 aromatic rings. The first kappa shape index (κ1) is 16.6. The van der Waals surface area contributed by atoms with Gasteiger partial charge < -0.3 is 19.6 Å². The van der Waals surface area contributed by atoms with Crippen molar-refractivity contribution in [1.82, 2.24) is 4.98 Å². The lowest BCUT2D eigenvalue weighted by Gasteiger charge is -2.40. The maximum atomic E-state index is 12.1. The summed E-state index contributed by atoms with van der Waals surface area (Å²) in [4.78, 5) is 16.3. The van der Waals surface area contributed by atoms with Crippen LogP contribution < -0.4 is 14.3 Å². The van der Waals surface area contributed by atoms with Gasteiger partial charge in [-0.15, -0.1) is 11.8 Å². The van der Waals surface area contributed by atoms with Crippen molar-refractivity contribution in [2.45, 2.75) is 35.5 Å². The number of thioether (sulfide) groups is 1. The number of nitrogens with one attached hydrogen (secondary N) is 1. The second-order valence-corrected chi connectivity index (χ2v) is 9.66. The number of aromatic hydroxyl groups is 1. The molecule has 2 heterocycles. The van der Waals surface area contributed by atoms with Gasteiger partial charge in [0.2, 0.25) is 5.75 Å². The van der Waals surface area contributed by atoms with E-state index in [2.05, 4.69) is 4.98 Å². The molecular formula is C19H21NO4S2. The summed E-state index contributed by atoms with van der Waals surface area (Å²) in [5, 5.41) is 11.9. The minimum atomic E-state index is 0.0116. The standard InChI is InChI=1S/C19H21NO4S2/c1-23-11-6-10(7-12(24-2)15(11)21)14-13-8-3-4-9(5-8)16(13)25-18-17(14)26-19(22)20-18/h6-9,13-14,16,21H,3-5H2,1-2H3,(H,20,22). The molecule has 3 aliphatic rings. The molecular weight excluding hydrogens is 370 g/mol. The van der Waals surface area contributed by atoms with E-state index in [0.29, 0.717) is 28.6 Å². The molecule has 1 aromatic carbocycles. The number of methoxy groups -OCH3 is 2. The summed E-state index contributed by atoms with van der Waals surface area (Å²) in [5.74, 6) is 2.99. The Balaban J connectivity index is 1.70.